The Labute approximate surface area is 131 Å². The van der Waals surface area contributed by atoms with Crippen LogP contribution in [0.1, 0.15) is 37.6 Å². The highest BCUT2D eigenvalue weighted by atomic mass is 16.5. The van der Waals surface area contributed by atoms with Gasteiger partial charge in [0.05, 0.1) is 17.8 Å². The Balaban J connectivity index is 1.61. The standard InChI is InChI=1S/C16H25N3O3/c1-12-17-9-13(10-18-12)11-19-6-3-16(4-7-19)14(20)15(2,21)5-8-22-16/h9-10,14,20-21H,3-8,11H2,1-2H3/t14-,15+/m0/s1. The minimum Gasteiger partial charge on any atom is -0.387 e. The predicted molar refractivity (Wildman–Crippen MR) is 81.2 cm³/mol. The molecule has 0 radical (unpaired) electrons. The van der Waals surface area contributed by atoms with E-state index in [-0.39, 0.29) is 0 Å². The third-order valence-corrected chi connectivity index (χ3v) is 5.03. The van der Waals surface area contributed by atoms with E-state index in [1.165, 1.54) is 0 Å². The van der Waals surface area contributed by atoms with Gasteiger partial charge in [-0.2, -0.15) is 0 Å². The molecule has 6 heteroatoms. The molecule has 2 aliphatic rings. The van der Waals surface area contributed by atoms with Gasteiger partial charge in [0.25, 0.3) is 0 Å². The summed E-state index contributed by atoms with van der Waals surface area (Å²) in [5.74, 6) is 0.780. The highest BCUT2D eigenvalue weighted by Gasteiger charge is 2.52. The van der Waals surface area contributed by atoms with E-state index >= 15 is 0 Å². The topological polar surface area (TPSA) is 78.7 Å². The van der Waals surface area contributed by atoms with Crippen molar-refractivity contribution < 1.29 is 14.9 Å². The van der Waals surface area contributed by atoms with Crippen molar-refractivity contribution in [3.8, 4) is 0 Å². The van der Waals surface area contributed by atoms with Gasteiger partial charge in [0.1, 0.15) is 11.9 Å². The molecule has 0 aromatic carbocycles. The number of nitrogens with zero attached hydrogens (tertiary/aromatic N) is 3. The highest BCUT2D eigenvalue weighted by Crippen LogP contribution is 2.39. The van der Waals surface area contributed by atoms with Gasteiger partial charge in [0.2, 0.25) is 0 Å². The van der Waals surface area contributed by atoms with E-state index < -0.39 is 17.3 Å². The Bertz CT molecular complexity index is 510. The Hall–Kier alpha value is -1.08. The van der Waals surface area contributed by atoms with Crippen LogP contribution >= 0.6 is 0 Å². The molecule has 3 rings (SSSR count). The molecular formula is C16H25N3O3. The number of piperidine rings is 1. The lowest BCUT2D eigenvalue weighted by Crippen LogP contribution is -2.64. The summed E-state index contributed by atoms with van der Waals surface area (Å²) in [5.41, 5.74) is -0.550. The Kier molecular flexibility index (Phi) is 4.20. The van der Waals surface area contributed by atoms with E-state index in [9.17, 15) is 10.2 Å². The average Bonchev–Trinajstić information content (AvgIpc) is 2.49. The first-order valence-corrected chi connectivity index (χ1v) is 7.96. The number of likely N-dealkylation sites (tertiary alicyclic amines) is 1. The Morgan fingerprint density at radius 3 is 2.55 bits per heavy atom. The zero-order valence-electron chi connectivity index (χ0n) is 13.3. The Morgan fingerprint density at radius 1 is 1.27 bits per heavy atom. The molecule has 0 amide bonds. The molecule has 1 aromatic heterocycles. The third-order valence-electron chi connectivity index (χ3n) is 5.03. The summed E-state index contributed by atoms with van der Waals surface area (Å²) in [6.07, 6.45) is 4.86. The van der Waals surface area contributed by atoms with Crippen LogP contribution in [0.2, 0.25) is 0 Å². The number of aromatic nitrogens is 2. The molecule has 3 heterocycles. The van der Waals surface area contributed by atoms with Gasteiger partial charge >= 0.3 is 0 Å². The van der Waals surface area contributed by atoms with Crippen molar-refractivity contribution >= 4 is 0 Å². The molecule has 2 saturated heterocycles. The van der Waals surface area contributed by atoms with Gasteiger partial charge in [-0.15, -0.1) is 0 Å². The second-order valence-corrected chi connectivity index (χ2v) is 6.84. The fourth-order valence-corrected chi connectivity index (χ4v) is 3.51. The second kappa shape index (κ2) is 5.85. The lowest BCUT2D eigenvalue weighted by atomic mass is 9.75. The van der Waals surface area contributed by atoms with Gasteiger partial charge in [-0.3, -0.25) is 4.90 Å². The van der Waals surface area contributed by atoms with Crippen molar-refractivity contribution in [3.05, 3.63) is 23.8 Å². The van der Waals surface area contributed by atoms with Crippen molar-refractivity contribution in [2.45, 2.75) is 57.0 Å². The van der Waals surface area contributed by atoms with Crippen LogP contribution < -0.4 is 0 Å². The largest absolute Gasteiger partial charge is 0.387 e. The van der Waals surface area contributed by atoms with E-state index in [4.69, 9.17) is 4.74 Å². The summed E-state index contributed by atoms with van der Waals surface area (Å²) in [6, 6.07) is 0. The van der Waals surface area contributed by atoms with Crippen LogP contribution in [0.5, 0.6) is 0 Å². The average molecular weight is 307 g/mol. The maximum atomic E-state index is 10.5. The highest BCUT2D eigenvalue weighted by molar-refractivity contribution is 5.07. The molecular weight excluding hydrogens is 282 g/mol. The molecule has 1 spiro atoms. The van der Waals surface area contributed by atoms with Crippen molar-refractivity contribution in [1.29, 1.82) is 0 Å². The molecule has 2 fully saturated rings. The monoisotopic (exact) mass is 307 g/mol. The van der Waals surface area contributed by atoms with Gasteiger partial charge in [-0.1, -0.05) is 0 Å². The number of ether oxygens (including phenoxy) is 1. The van der Waals surface area contributed by atoms with E-state index in [2.05, 4.69) is 14.9 Å². The number of aliphatic hydroxyl groups is 2. The van der Waals surface area contributed by atoms with Crippen LogP contribution in [-0.4, -0.2) is 62.1 Å². The minimum absolute atomic E-state index is 0.486. The van der Waals surface area contributed by atoms with Crippen LogP contribution in [0.15, 0.2) is 12.4 Å². The summed E-state index contributed by atoms with van der Waals surface area (Å²) in [6.45, 7) is 6.57. The zero-order chi connectivity index (χ0) is 15.8. The summed E-state index contributed by atoms with van der Waals surface area (Å²) < 4.78 is 5.91. The van der Waals surface area contributed by atoms with Crippen molar-refractivity contribution in [2.24, 2.45) is 0 Å². The van der Waals surface area contributed by atoms with Crippen LogP contribution in [0.25, 0.3) is 0 Å². The zero-order valence-corrected chi connectivity index (χ0v) is 13.3. The molecule has 1 aromatic rings. The quantitative estimate of drug-likeness (QED) is 0.835. The van der Waals surface area contributed by atoms with Crippen molar-refractivity contribution in [2.75, 3.05) is 19.7 Å². The second-order valence-electron chi connectivity index (χ2n) is 6.84. The van der Waals surface area contributed by atoms with Crippen LogP contribution in [0.4, 0.5) is 0 Å². The van der Waals surface area contributed by atoms with Gasteiger partial charge in [0, 0.05) is 44.0 Å². The van der Waals surface area contributed by atoms with Crippen LogP contribution in [0, 0.1) is 6.92 Å². The molecule has 2 aliphatic heterocycles. The summed E-state index contributed by atoms with van der Waals surface area (Å²) in [7, 11) is 0. The van der Waals surface area contributed by atoms with E-state index in [0.717, 1.165) is 43.9 Å². The molecule has 22 heavy (non-hydrogen) atoms. The Morgan fingerprint density at radius 2 is 1.91 bits per heavy atom. The smallest absolute Gasteiger partial charge is 0.125 e. The molecule has 2 atom stereocenters. The number of hydrogen-bond donors (Lipinski definition) is 2. The molecule has 0 saturated carbocycles. The lowest BCUT2D eigenvalue weighted by Gasteiger charge is -2.51. The molecule has 0 bridgehead atoms. The molecule has 0 aliphatic carbocycles. The van der Waals surface area contributed by atoms with Gasteiger partial charge in [-0.25, -0.2) is 9.97 Å². The van der Waals surface area contributed by atoms with Gasteiger partial charge < -0.3 is 14.9 Å². The van der Waals surface area contributed by atoms with Crippen LogP contribution in [0.3, 0.4) is 0 Å². The fraction of sp³-hybridized carbons (Fsp3) is 0.750. The third kappa shape index (κ3) is 3.01. The minimum atomic E-state index is -1.05. The van der Waals surface area contributed by atoms with E-state index in [1.807, 2.05) is 19.3 Å². The van der Waals surface area contributed by atoms with E-state index in [0.29, 0.717) is 13.0 Å². The number of aliphatic hydroxyl groups excluding tert-OH is 1. The molecule has 2 N–H and O–H groups in total. The van der Waals surface area contributed by atoms with Crippen LogP contribution in [-0.2, 0) is 11.3 Å². The lowest BCUT2D eigenvalue weighted by molar-refractivity contribution is -0.246. The number of rotatable bonds is 2. The normalized spacial score (nSPS) is 32.3. The summed E-state index contributed by atoms with van der Waals surface area (Å²) >= 11 is 0. The molecule has 6 nitrogen and oxygen atoms in total. The van der Waals surface area contributed by atoms with Gasteiger partial charge in [0.15, 0.2) is 0 Å². The summed E-state index contributed by atoms with van der Waals surface area (Å²) in [5, 5.41) is 20.8. The number of hydrogen-bond acceptors (Lipinski definition) is 6. The van der Waals surface area contributed by atoms with E-state index in [1.54, 1.807) is 6.92 Å². The van der Waals surface area contributed by atoms with Crippen molar-refractivity contribution in [3.63, 3.8) is 0 Å². The molecule has 0 unspecified atom stereocenters. The molecule has 122 valence electrons. The summed E-state index contributed by atoms with van der Waals surface area (Å²) in [4.78, 5) is 10.8. The first-order chi connectivity index (χ1) is 10.4. The first-order valence-electron chi connectivity index (χ1n) is 7.96. The first kappa shape index (κ1) is 15.8. The maximum Gasteiger partial charge on any atom is 0.125 e. The predicted octanol–water partition coefficient (Wildman–Crippen LogP) is 0.652. The number of aryl methyl sites for hydroxylation is 1. The maximum absolute atomic E-state index is 10.5. The van der Waals surface area contributed by atoms with Crippen molar-refractivity contribution in [1.82, 2.24) is 14.9 Å². The SMILES string of the molecule is Cc1ncc(CN2CCC3(CC2)OCC[C@@](C)(O)[C@@H]3O)cn1. The fourth-order valence-electron chi connectivity index (χ4n) is 3.51. The van der Waals surface area contributed by atoms with Gasteiger partial charge in [-0.05, 0) is 26.7 Å².